The molecule has 2 fully saturated rings. The van der Waals surface area contributed by atoms with Crippen LogP contribution < -0.4 is 5.32 Å². The quantitative estimate of drug-likeness (QED) is 0.800. The fourth-order valence-electron chi connectivity index (χ4n) is 4.01. The van der Waals surface area contributed by atoms with Crippen molar-refractivity contribution in [2.75, 3.05) is 13.6 Å². The third kappa shape index (κ3) is 3.15. The molecule has 1 saturated heterocycles. The van der Waals surface area contributed by atoms with Gasteiger partial charge in [-0.3, -0.25) is 14.5 Å². The van der Waals surface area contributed by atoms with Crippen LogP contribution in [0.5, 0.6) is 0 Å². The van der Waals surface area contributed by atoms with E-state index in [-0.39, 0.29) is 24.4 Å². The Morgan fingerprint density at radius 2 is 2.00 bits per heavy atom. The first-order chi connectivity index (χ1) is 13.4. The number of likely N-dealkylation sites (N-methyl/N-ethyl adjacent to an activating group) is 1. The molecule has 28 heavy (non-hydrogen) atoms. The molecule has 1 saturated carbocycles. The Morgan fingerprint density at radius 3 is 2.71 bits per heavy atom. The minimum absolute atomic E-state index is 0.238. The highest BCUT2D eigenvalue weighted by molar-refractivity contribution is 7.18. The van der Waals surface area contributed by atoms with E-state index in [2.05, 4.69) is 10.3 Å². The molecule has 4 rings (SSSR count). The maximum absolute atomic E-state index is 12.9. The summed E-state index contributed by atoms with van der Waals surface area (Å²) in [5, 5.41) is 3.68. The number of carbonyl (C=O) groups excluding carboxylic acids is 3. The zero-order valence-corrected chi connectivity index (χ0v) is 16.9. The molecule has 2 aromatic rings. The summed E-state index contributed by atoms with van der Waals surface area (Å²) in [6.07, 6.45) is 4.22. The average molecular weight is 401 g/mol. The van der Waals surface area contributed by atoms with Crippen molar-refractivity contribution in [1.82, 2.24) is 20.1 Å². The molecular weight excluding hydrogens is 376 g/mol. The van der Waals surface area contributed by atoms with Crippen LogP contribution in [0.25, 0.3) is 10.2 Å². The van der Waals surface area contributed by atoms with Gasteiger partial charge in [-0.1, -0.05) is 31.4 Å². The van der Waals surface area contributed by atoms with Crippen molar-refractivity contribution in [2.24, 2.45) is 0 Å². The SMILES string of the molecule is C[C@@H](c1nc2ccccc2s1)N(C)C(=O)CN1C(=O)NC2(CCCCC2)C1=O. The molecule has 1 aromatic carbocycles. The number of imide groups is 1. The lowest BCUT2D eigenvalue weighted by Gasteiger charge is -2.30. The van der Waals surface area contributed by atoms with Gasteiger partial charge in [-0.05, 0) is 31.9 Å². The molecule has 1 N–H and O–H groups in total. The number of rotatable bonds is 4. The van der Waals surface area contributed by atoms with Gasteiger partial charge in [0.2, 0.25) is 5.91 Å². The zero-order valence-electron chi connectivity index (χ0n) is 16.1. The summed E-state index contributed by atoms with van der Waals surface area (Å²) in [7, 11) is 1.69. The van der Waals surface area contributed by atoms with Crippen LogP contribution in [-0.2, 0) is 9.59 Å². The van der Waals surface area contributed by atoms with Gasteiger partial charge in [-0.2, -0.15) is 0 Å². The van der Waals surface area contributed by atoms with E-state index in [1.165, 1.54) is 0 Å². The molecule has 1 spiro atoms. The molecule has 2 heterocycles. The van der Waals surface area contributed by atoms with Crippen molar-refractivity contribution in [3.8, 4) is 0 Å². The minimum Gasteiger partial charge on any atom is -0.335 e. The van der Waals surface area contributed by atoms with Crippen molar-refractivity contribution >= 4 is 39.4 Å². The number of aromatic nitrogens is 1. The number of urea groups is 1. The van der Waals surface area contributed by atoms with Crippen molar-refractivity contribution < 1.29 is 14.4 Å². The Kier molecular flexibility index (Phi) is 4.82. The number of carbonyl (C=O) groups is 3. The first-order valence-corrected chi connectivity index (χ1v) is 10.5. The van der Waals surface area contributed by atoms with Crippen LogP contribution in [0.4, 0.5) is 4.79 Å². The van der Waals surface area contributed by atoms with Crippen LogP contribution in [0.15, 0.2) is 24.3 Å². The third-order valence-electron chi connectivity index (χ3n) is 5.89. The topological polar surface area (TPSA) is 82.6 Å². The Balaban J connectivity index is 1.46. The van der Waals surface area contributed by atoms with Crippen molar-refractivity contribution in [3.63, 3.8) is 0 Å². The van der Waals surface area contributed by atoms with E-state index < -0.39 is 11.6 Å². The highest BCUT2D eigenvalue weighted by Crippen LogP contribution is 2.34. The second kappa shape index (κ2) is 7.16. The third-order valence-corrected chi connectivity index (χ3v) is 7.10. The monoisotopic (exact) mass is 400 g/mol. The summed E-state index contributed by atoms with van der Waals surface area (Å²) in [5.74, 6) is -0.533. The molecule has 0 radical (unpaired) electrons. The normalized spacial score (nSPS) is 19.9. The molecule has 0 unspecified atom stereocenters. The lowest BCUT2D eigenvalue weighted by atomic mass is 9.82. The maximum atomic E-state index is 12.9. The standard InChI is InChI=1S/C20H24N4O3S/c1-13(17-21-14-8-4-5-9-15(14)28-17)23(2)16(25)12-24-18(26)20(22-19(24)27)10-6-3-7-11-20/h4-5,8-9,13H,3,6-7,10-12H2,1-2H3,(H,22,27)/t13-/m0/s1. The molecule has 7 nitrogen and oxygen atoms in total. The lowest BCUT2D eigenvalue weighted by Crippen LogP contribution is -2.49. The summed E-state index contributed by atoms with van der Waals surface area (Å²) in [6.45, 7) is 1.67. The van der Waals surface area contributed by atoms with Crippen LogP contribution in [0.3, 0.4) is 0 Å². The summed E-state index contributed by atoms with van der Waals surface area (Å²) < 4.78 is 1.07. The van der Waals surface area contributed by atoms with Gasteiger partial charge in [0.25, 0.3) is 5.91 Å². The van der Waals surface area contributed by atoms with Gasteiger partial charge in [0.05, 0.1) is 16.3 Å². The molecule has 8 heteroatoms. The number of fused-ring (bicyclic) bond motifs is 1. The summed E-state index contributed by atoms with van der Waals surface area (Å²) >= 11 is 1.55. The molecule has 4 amide bonds. The van der Waals surface area contributed by atoms with E-state index in [0.29, 0.717) is 12.8 Å². The number of hydrogen-bond donors (Lipinski definition) is 1. The number of hydrogen-bond acceptors (Lipinski definition) is 5. The van der Waals surface area contributed by atoms with Crippen LogP contribution in [0.2, 0.25) is 0 Å². The maximum Gasteiger partial charge on any atom is 0.325 e. The first kappa shape index (κ1) is 18.9. The van der Waals surface area contributed by atoms with Gasteiger partial charge < -0.3 is 10.2 Å². The Morgan fingerprint density at radius 1 is 1.29 bits per heavy atom. The molecule has 148 valence electrons. The molecule has 1 aromatic heterocycles. The molecular formula is C20H24N4O3S. The number of para-hydroxylation sites is 1. The predicted octanol–water partition coefficient (Wildman–Crippen LogP) is 3.07. The van der Waals surface area contributed by atoms with Crippen LogP contribution >= 0.6 is 11.3 Å². The first-order valence-electron chi connectivity index (χ1n) is 9.66. The van der Waals surface area contributed by atoms with Crippen LogP contribution in [0, 0.1) is 0 Å². The van der Waals surface area contributed by atoms with E-state index >= 15 is 0 Å². The van der Waals surface area contributed by atoms with E-state index in [4.69, 9.17) is 0 Å². The van der Waals surface area contributed by atoms with E-state index in [0.717, 1.165) is 39.4 Å². The second-order valence-corrected chi connectivity index (χ2v) is 8.73. The number of nitrogens with one attached hydrogen (secondary N) is 1. The van der Waals surface area contributed by atoms with Gasteiger partial charge in [0, 0.05) is 7.05 Å². The van der Waals surface area contributed by atoms with E-state index in [9.17, 15) is 14.4 Å². The highest BCUT2D eigenvalue weighted by Gasteiger charge is 2.51. The van der Waals surface area contributed by atoms with Gasteiger partial charge in [0.1, 0.15) is 17.1 Å². The van der Waals surface area contributed by atoms with Crippen LogP contribution in [0.1, 0.15) is 50.1 Å². The summed E-state index contributed by atoms with van der Waals surface area (Å²) in [6, 6.07) is 7.14. The smallest absolute Gasteiger partial charge is 0.325 e. The largest absolute Gasteiger partial charge is 0.335 e. The van der Waals surface area contributed by atoms with Crippen molar-refractivity contribution in [3.05, 3.63) is 29.3 Å². The number of benzene rings is 1. The molecule has 1 atom stereocenters. The van der Waals surface area contributed by atoms with Crippen molar-refractivity contribution in [2.45, 2.75) is 50.6 Å². The van der Waals surface area contributed by atoms with E-state index in [1.807, 2.05) is 31.2 Å². The lowest BCUT2D eigenvalue weighted by molar-refractivity contribution is -0.139. The van der Waals surface area contributed by atoms with Gasteiger partial charge in [-0.25, -0.2) is 9.78 Å². The number of nitrogens with zero attached hydrogens (tertiary/aromatic N) is 3. The van der Waals surface area contributed by atoms with Crippen LogP contribution in [-0.4, -0.2) is 51.8 Å². The summed E-state index contributed by atoms with van der Waals surface area (Å²) in [5.41, 5.74) is 0.107. The number of thiazole rings is 1. The van der Waals surface area contributed by atoms with Gasteiger partial charge >= 0.3 is 6.03 Å². The Bertz CT molecular complexity index is 901. The molecule has 1 aliphatic heterocycles. The predicted molar refractivity (Wildman–Crippen MR) is 107 cm³/mol. The molecule has 1 aliphatic carbocycles. The Hall–Kier alpha value is -2.48. The van der Waals surface area contributed by atoms with Crippen molar-refractivity contribution in [1.29, 1.82) is 0 Å². The molecule has 0 bridgehead atoms. The fourth-order valence-corrected chi connectivity index (χ4v) is 5.07. The zero-order chi connectivity index (χ0) is 19.9. The summed E-state index contributed by atoms with van der Waals surface area (Å²) in [4.78, 5) is 45.3. The number of amides is 4. The second-order valence-electron chi connectivity index (χ2n) is 7.66. The molecule has 2 aliphatic rings. The average Bonchev–Trinajstić information content (AvgIpc) is 3.23. The fraction of sp³-hybridized carbons (Fsp3) is 0.500. The Labute approximate surface area is 167 Å². The van der Waals surface area contributed by atoms with Gasteiger partial charge in [-0.15, -0.1) is 11.3 Å². The van der Waals surface area contributed by atoms with E-state index in [1.54, 1.807) is 23.3 Å². The highest BCUT2D eigenvalue weighted by atomic mass is 32.1. The minimum atomic E-state index is -0.799. The van der Waals surface area contributed by atoms with Gasteiger partial charge in [0.15, 0.2) is 0 Å².